The summed E-state index contributed by atoms with van der Waals surface area (Å²) in [4.78, 5) is 10.3. The zero-order valence-electron chi connectivity index (χ0n) is 13.4. The molecule has 0 aliphatic rings. The molecule has 0 bridgehead atoms. The number of carbonyl (C=O) groups is 1. The van der Waals surface area contributed by atoms with E-state index >= 15 is 0 Å². The van der Waals surface area contributed by atoms with E-state index < -0.39 is 5.97 Å². The number of aliphatic carboxylic acids is 1. The van der Waals surface area contributed by atoms with Crippen molar-refractivity contribution in [3.8, 4) is 0 Å². The summed E-state index contributed by atoms with van der Waals surface area (Å²) in [6.45, 7) is 2.27. The summed E-state index contributed by atoms with van der Waals surface area (Å²) in [6, 6.07) is 0. The number of hydrogen-bond donors (Lipinski definition) is 0. The van der Waals surface area contributed by atoms with Gasteiger partial charge in [-0.2, -0.15) is 0 Å². The Morgan fingerprint density at radius 3 is 1.55 bits per heavy atom. The van der Waals surface area contributed by atoms with Crippen LogP contribution in [-0.4, -0.2) is 5.97 Å². The van der Waals surface area contributed by atoms with Crippen LogP contribution in [0, 0.1) is 0 Å². The molecule has 0 heterocycles. The molecule has 0 aromatic carbocycles. The van der Waals surface area contributed by atoms with Gasteiger partial charge in [-0.25, -0.2) is 0 Å². The second-order valence-corrected chi connectivity index (χ2v) is 7.91. The predicted octanol–water partition coefficient (Wildman–Crippen LogP) is 4.75. The van der Waals surface area contributed by atoms with Crippen LogP contribution in [0.4, 0.5) is 0 Å². The van der Waals surface area contributed by atoms with Crippen LogP contribution in [0.5, 0.6) is 0 Å². The SMILES string of the molecule is CCCCCCCCCCCCCC[CH2][Ti][CH2]C(=O)[O-]. The zero-order valence-corrected chi connectivity index (χ0v) is 15.0. The molecule has 0 spiro atoms. The molecule has 0 aliphatic heterocycles. The fourth-order valence-electron chi connectivity index (χ4n) is 2.46. The summed E-state index contributed by atoms with van der Waals surface area (Å²) in [6.07, 6.45) is 17.9. The molecule has 0 aromatic heterocycles. The van der Waals surface area contributed by atoms with Crippen molar-refractivity contribution in [2.24, 2.45) is 0 Å². The van der Waals surface area contributed by atoms with Crippen molar-refractivity contribution in [1.82, 2.24) is 0 Å². The van der Waals surface area contributed by atoms with E-state index in [1.165, 1.54) is 88.2 Å². The van der Waals surface area contributed by atoms with Crippen LogP contribution in [0.15, 0.2) is 0 Å². The number of carboxylic acids is 1. The first-order chi connectivity index (χ1) is 9.77. The summed E-state index contributed by atoms with van der Waals surface area (Å²) in [7, 11) is 0. The Hall–Kier alpha value is 0.184. The summed E-state index contributed by atoms with van der Waals surface area (Å²) in [5, 5.41) is 10.3. The Kier molecular flexibility index (Phi) is 17.4. The molecular formula is C17H33O2Ti-. The number of unbranched alkanes of at least 4 members (excludes halogenated alkanes) is 12. The van der Waals surface area contributed by atoms with Gasteiger partial charge in [-0.15, -0.1) is 0 Å². The average molecular weight is 317 g/mol. The first-order valence-corrected chi connectivity index (χ1v) is 10.9. The molecule has 0 atom stereocenters. The van der Waals surface area contributed by atoms with Crippen molar-refractivity contribution in [2.45, 2.75) is 99.8 Å². The van der Waals surface area contributed by atoms with Crippen molar-refractivity contribution >= 4 is 5.97 Å². The third kappa shape index (κ3) is 18.2. The molecule has 0 unspecified atom stereocenters. The summed E-state index contributed by atoms with van der Waals surface area (Å²) >= 11 is -0.243. The van der Waals surface area contributed by atoms with Gasteiger partial charge in [0.2, 0.25) is 0 Å². The van der Waals surface area contributed by atoms with E-state index in [9.17, 15) is 9.90 Å². The van der Waals surface area contributed by atoms with Crippen molar-refractivity contribution in [2.75, 3.05) is 0 Å². The molecule has 0 fully saturated rings. The van der Waals surface area contributed by atoms with E-state index in [0.29, 0.717) is 4.73 Å². The van der Waals surface area contributed by atoms with Crippen LogP contribution in [0.2, 0.25) is 9.45 Å². The molecule has 0 saturated heterocycles. The van der Waals surface area contributed by atoms with E-state index in [1.54, 1.807) is 0 Å². The summed E-state index contributed by atoms with van der Waals surface area (Å²) < 4.78 is 1.53. The number of hydrogen-bond acceptors (Lipinski definition) is 2. The van der Waals surface area contributed by atoms with Crippen LogP contribution in [-0.2, 0) is 23.9 Å². The maximum absolute atomic E-state index is 10.3. The first-order valence-electron chi connectivity index (χ1n) is 8.68. The van der Waals surface area contributed by atoms with Crippen molar-refractivity contribution in [3.63, 3.8) is 0 Å². The Morgan fingerprint density at radius 2 is 1.15 bits per heavy atom. The Morgan fingerprint density at radius 1 is 0.750 bits per heavy atom. The molecular weight excluding hydrogens is 284 g/mol. The van der Waals surface area contributed by atoms with Crippen molar-refractivity contribution in [1.29, 1.82) is 0 Å². The number of carboxylic acid groups (broad SMARTS) is 1. The quantitative estimate of drug-likeness (QED) is 0.304. The monoisotopic (exact) mass is 317 g/mol. The Bertz CT molecular complexity index is 207. The van der Waals surface area contributed by atoms with Gasteiger partial charge in [0, 0.05) is 0 Å². The normalized spacial score (nSPS) is 10.7. The van der Waals surface area contributed by atoms with E-state index in [4.69, 9.17) is 0 Å². The van der Waals surface area contributed by atoms with E-state index in [1.807, 2.05) is 0 Å². The molecule has 118 valence electrons. The number of rotatable bonds is 16. The molecule has 0 N–H and O–H groups in total. The standard InChI is InChI=1S/C15H31.C2H3O2.Ti/c1-3-5-7-9-11-13-15-14-12-10-8-6-4-2;1-2(3)4;/h1,3-15H2,2H3;1H2,(H,3,4);/p-1. The van der Waals surface area contributed by atoms with Gasteiger partial charge in [0.05, 0.1) is 0 Å². The van der Waals surface area contributed by atoms with Gasteiger partial charge in [-0.1, -0.05) is 19.8 Å². The molecule has 2 nitrogen and oxygen atoms in total. The van der Waals surface area contributed by atoms with Gasteiger partial charge >= 0.3 is 115 Å². The molecule has 20 heavy (non-hydrogen) atoms. The van der Waals surface area contributed by atoms with Gasteiger partial charge in [0.25, 0.3) is 0 Å². The van der Waals surface area contributed by atoms with Crippen LogP contribution in [0.25, 0.3) is 0 Å². The van der Waals surface area contributed by atoms with Crippen LogP contribution in [0.1, 0.15) is 90.4 Å². The Balaban J connectivity index is 2.94. The van der Waals surface area contributed by atoms with Crippen LogP contribution >= 0.6 is 0 Å². The third-order valence-electron chi connectivity index (χ3n) is 3.73. The molecule has 0 rings (SSSR count). The average Bonchev–Trinajstić information content (AvgIpc) is 2.43. The van der Waals surface area contributed by atoms with E-state index in [-0.39, 0.29) is 19.2 Å². The van der Waals surface area contributed by atoms with Crippen molar-refractivity contribution in [3.05, 3.63) is 0 Å². The molecule has 0 radical (unpaired) electrons. The van der Waals surface area contributed by atoms with Gasteiger partial charge in [0.15, 0.2) is 0 Å². The molecule has 0 aliphatic carbocycles. The van der Waals surface area contributed by atoms with Crippen LogP contribution < -0.4 is 5.11 Å². The minimum absolute atomic E-state index is 0.243. The van der Waals surface area contributed by atoms with Gasteiger partial charge < -0.3 is 0 Å². The second-order valence-electron chi connectivity index (χ2n) is 5.79. The third-order valence-corrected chi connectivity index (χ3v) is 5.67. The molecule has 0 amide bonds. The first kappa shape index (κ1) is 20.2. The van der Waals surface area contributed by atoms with Crippen molar-refractivity contribution < 1.29 is 29.1 Å². The maximum atomic E-state index is 10.3. The predicted molar refractivity (Wildman–Crippen MR) is 80.3 cm³/mol. The molecule has 3 heteroatoms. The fraction of sp³-hybridized carbons (Fsp3) is 0.941. The van der Waals surface area contributed by atoms with Gasteiger partial charge in [-0.3, -0.25) is 0 Å². The Labute approximate surface area is 135 Å². The summed E-state index contributed by atoms with van der Waals surface area (Å²) in [5.74, 6) is -0.848. The molecule has 0 saturated carbocycles. The van der Waals surface area contributed by atoms with Crippen LogP contribution in [0.3, 0.4) is 0 Å². The van der Waals surface area contributed by atoms with E-state index in [2.05, 4.69) is 6.92 Å². The zero-order chi connectivity index (χ0) is 14.9. The van der Waals surface area contributed by atoms with Gasteiger partial charge in [-0.05, 0) is 0 Å². The number of carbonyl (C=O) groups excluding carboxylic acids is 1. The topological polar surface area (TPSA) is 40.1 Å². The second kappa shape index (κ2) is 17.2. The van der Waals surface area contributed by atoms with E-state index in [0.717, 1.165) is 0 Å². The minimum atomic E-state index is -0.848. The summed E-state index contributed by atoms with van der Waals surface area (Å²) in [5.41, 5.74) is 0. The fourth-order valence-corrected chi connectivity index (χ4v) is 3.83. The van der Waals surface area contributed by atoms with Gasteiger partial charge in [0.1, 0.15) is 0 Å². The molecule has 0 aromatic rings.